The van der Waals surface area contributed by atoms with Crippen LogP contribution in [-0.2, 0) is 10.3 Å². The molecule has 9 nitrogen and oxygen atoms in total. The van der Waals surface area contributed by atoms with Crippen LogP contribution in [0.25, 0.3) is 0 Å². The lowest BCUT2D eigenvalue weighted by Gasteiger charge is -2.24. The summed E-state index contributed by atoms with van der Waals surface area (Å²) in [6.07, 6.45) is 2.32. The van der Waals surface area contributed by atoms with Gasteiger partial charge in [-0.15, -0.1) is 10.2 Å². The van der Waals surface area contributed by atoms with Crippen molar-refractivity contribution < 1.29 is 9.72 Å². The molecule has 0 saturated heterocycles. The highest BCUT2D eigenvalue weighted by Crippen LogP contribution is 2.35. The molecule has 0 atom stereocenters. The first-order chi connectivity index (χ1) is 12.8. The SMILES string of the molecule is CC(C)(C(=O)Nc1ccc(Sc2nncs2)c(Cl)c1)n1cc([N+](=O)[O-])cn1. The van der Waals surface area contributed by atoms with Gasteiger partial charge in [0.15, 0.2) is 4.34 Å². The van der Waals surface area contributed by atoms with E-state index in [1.54, 1.807) is 37.6 Å². The third kappa shape index (κ3) is 4.26. The Kier molecular flexibility index (Phi) is 5.44. The number of hydrogen-bond acceptors (Lipinski definition) is 8. The number of benzene rings is 1. The number of carbonyl (C=O) groups excluding carboxylic acids is 1. The van der Waals surface area contributed by atoms with E-state index < -0.39 is 10.5 Å². The fraction of sp³-hybridized carbons (Fsp3) is 0.200. The van der Waals surface area contributed by atoms with E-state index in [2.05, 4.69) is 20.6 Å². The van der Waals surface area contributed by atoms with Gasteiger partial charge in [-0.25, -0.2) is 0 Å². The summed E-state index contributed by atoms with van der Waals surface area (Å²) >= 11 is 9.07. The quantitative estimate of drug-likeness (QED) is 0.472. The fourth-order valence-electron chi connectivity index (χ4n) is 2.06. The molecule has 0 aliphatic carbocycles. The van der Waals surface area contributed by atoms with Crippen LogP contribution in [0.5, 0.6) is 0 Å². The Morgan fingerprint density at radius 2 is 2.22 bits per heavy atom. The number of aromatic nitrogens is 4. The average molecular weight is 425 g/mol. The van der Waals surface area contributed by atoms with Gasteiger partial charge < -0.3 is 5.32 Å². The fourth-order valence-corrected chi connectivity index (χ4v) is 3.80. The molecule has 0 aliphatic rings. The second-order valence-electron chi connectivity index (χ2n) is 5.87. The summed E-state index contributed by atoms with van der Waals surface area (Å²) < 4.78 is 2.01. The number of nitro groups is 1. The van der Waals surface area contributed by atoms with E-state index in [0.717, 1.165) is 15.4 Å². The lowest BCUT2D eigenvalue weighted by atomic mass is 10.0. The van der Waals surface area contributed by atoms with Crippen molar-refractivity contribution in [3.05, 3.63) is 51.2 Å². The van der Waals surface area contributed by atoms with Crippen molar-refractivity contribution >= 4 is 52.0 Å². The molecule has 2 heterocycles. The molecule has 3 aromatic rings. The number of nitrogens with zero attached hydrogens (tertiary/aromatic N) is 5. The molecular formula is C15H13ClN6O3S2. The lowest BCUT2D eigenvalue weighted by Crippen LogP contribution is -2.40. The van der Waals surface area contributed by atoms with Crippen molar-refractivity contribution in [3.8, 4) is 0 Å². The number of halogens is 1. The van der Waals surface area contributed by atoms with Gasteiger partial charge in [-0.1, -0.05) is 34.7 Å². The first-order valence-electron chi connectivity index (χ1n) is 7.52. The summed E-state index contributed by atoms with van der Waals surface area (Å²) in [5.74, 6) is -0.388. The highest BCUT2D eigenvalue weighted by Gasteiger charge is 2.32. The molecule has 0 spiro atoms. The van der Waals surface area contributed by atoms with E-state index in [-0.39, 0.29) is 11.6 Å². The number of hydrogen-bond donors (Lipinski definition) is 1. The maximum absolute atomic E-state index is 12.7. The molecule has 1 aromatic carbocycles. The highest BCUT2D eigenvalue weighted by molar-refractivity contribution is 8.01. The number of amides is 1. The molecule has 0 saturated carbocycles. The van der Waals surface area contributed by atoms with Crippen LogP contribution in [0.3, 0.4) is 0 Å². The van der Waals surface area contributed by atoms with Gasteiger partial charge >= 0.3 is 5.69 Å². The van der Waals surface area contributed by atoms with Crippen LogP contribution in [0.15, 0.2) is 45.3 Å². The number of nitrogens with one attached hydrogen (secondary N) is 1. The van der Waals surface area contributed by atoms with Crippen molar-refractivity contribution in [1.29, 1.82) is 0 Å². The molecule has 3 rings (SSSR count). The van der Waals surface area contributed by atoms with Crippen LogP contribution < -0.4 is 5.32 Å². The summed E-state index contributed by atoms with van der Waals surface area (Å²) in [7, 11) is 0. The maximum atomic E-state index is 12.7. The summed E-state index contributed by atoms with van der Waals surface area (Å²) in [6, 6.07) is 5.12. The van der Waals surface area contributed by atoms with Gasteiger partial charge in [0.25, 0.3) is 5.91 Å². The number of rotatable bonds is 6. The summed E-state index contributed by atoms with van der Waals surface area (Å²) in [4.78, 5) is 23.7. The average Bonchev–Trinajstić information content (AvgIpc) is 3.29. The van der Waals surface area contributed by atoms with Crippen LogP contribution in [0, 0.1) is 10.1 Å². The van der Waals surface area contributed by atoms with Gasteiger partial charge in [-0.05, 0) is 32.0 Å². The molecule has 0 radical (unpaired) electrons. The van der Waals surface area contributed by atoms with Crippen LogP contribution in [0.1, 0.15) is 13.8 Å². The topological polar surface area (TPSA) is 116 Å². The van der Waals surface area contributed by atoms with Crippen molar-refractivity contribution in [2.75, 3.05) is 5.32 Å². The molecule has 0 bridgehead atoms. The summed E-state index contributed by atoms with van der Waals surface area (Å²) in [6.45, 7) is 3.22. The van der Waals surface area contributed by atoms with Crippen molar-refractivity contribution in [2.45, 2.75) is 28.6 Å². The van der Waals surface area contributed by atoms with Gasteiger partial charge in [0.1, 0.15) is 23.4 Å². The van der Waals surface area contributed by atoms with Crippen molar-refractivity contribution in [3.63, 3.8) is 0 Å². The Hall–Kier alpha value is -2.50. The smallest absolute Gasteiger partial charge is 0.307 e. The second kappa shape index (κ2) is 7.62. The van der Waals surface area contributed by atoms with Crippen LogP contribution in [0.2, 0.25) is 5.02 Å². The largest absolute Gasteiger partial charge is 0.324 e. The van der Waals surface area contributed by atoms with E-state index in [0.29, 0.717) is 10.7 Å². The Morgan fingerprint density at radius 1 is 1.44 bits per heavy atom. The molecule has 140 valence electrons. The van der Waals surface area contributed by atoms with Crippen LogP contribution in [0.4, 0.5) is 11.4 Å². The zero-order valence-electron chi connectivity index (χ0n) is 14.1. The van der Waals surface area contributed by atoms with E-state index in [1.165, 1.54) is 34.0 Å². The minimum atomic E-state index is -1.14. The first kappa shape index (κ1) is 19.3. The zero-order valence-corrected chi connectivity index (χ0v) is 16.5. The van der Waals surface area contributed by atoms with E-state index >= 15 is 0 Å². The lowest BCUT2D eigenvalue weighted by molar-refractivity contribution is -0.385. The zero-order chi connectivity index (χ0) is 19.6. The molecule has 2 aromatic heterocycles. The van der Waals surface area contributed by atoms with Gasteiger partial charge in [0.05, 0.1) is 9.95 Å². The molecule has 12 heteroatoms. The normalized spacial score (nSPS) is 11.4. The second-order valence-corrected chi connectivity index (χ2v) is 8.39. The van der Waals surface area contributed by atoms with E-state index in [1.807, 2.05) is 0 Å². The Morgan fingerprint density at radius 3 is 2.81 bits per heavy atom. The maximum Gasteiger partial charge on any atom is 0.307 e. The van der Waals surface area contributed by atoms with Crippen molar-refractivity contribution in [1.82, 2.24) is 20.0 Å². The minimum absolute atomic E-state index is 0.183. The molecule has 0 fully saturated rings. The molecule has 0 aliphatic heterocycles. The van der Waals surface area contributed by atoms with E-state index in [9.17, 15) is 14.9 Å². The Balaban J connectivity index is 1.74. The van der Waals surface area contributed by atoms with E-state index in [4.69, 9.17) is 11.6 Å². The Bertz CT molecular complexity index is 989. The predicted octanol–water partition coefficient (Wildman–Crippen LogP) is 3.82. The summed E-state index contributed by atoms with van der Waals surface area (Å²) in [5, 5.41) is 25.7. The predicted molar refractivity (Wildman–Crippen MR) is 102 cm³/mol. The monoisotopic (exact) mass is 424 g/mol. The molecule has 1 N–H and O–H groups in total. The molecule has 1 amide bonds. The number of anilines is 1. The van der Waals surface area contributed by atoms with Gasteiger partial charge in [-0.2, -0.15) is 5.10 Å². The third-order valence-corrected chi connectivity index (χ3v) is 5.91. The minimum Gasteiger partial charge on any atom is -0.324 e. The van der Waals surface area contributed by atoms with Gasteiger partial charge in [0, 0.05) is 10.6 Å². The standard InChI is InChI=1S/C15H13ClN6O3S2/c1-15(2,21-7-10(6-18-21)22(24)25)13(23)19-9-3-4-12(11(16)5-9)27-14-20-17-8-26-14/h3-8H,1-2H3,(H,19,23). The third-order valence-electron chi connectivity index (χ3n) is 3.64. The Labute approximate surface area is 166 Å². The molecule has 0 unspecified atom stereocenters. The highest BCUT2D eigenvalue weighted by atomic mass is 35.5. The first-order valence-corrected chi connectivity index (χ1v) is 9.59. The van der Waals surface area contributed by atoms with Crippen LogP contribution >= 0.6 is 34.7 Å². The summed E-state index contributed by atoms with van der Waals surface area (Å²) in [5.41, 5.74) is 0.811. The molecule has 27 heavy (non-hydrogen) atoms. The molecular weight excluding hydrogens is 412 g/mol. The van der Waals surface area contributed by atoms with Crippen LogP contribution in [-0.4, -0.2) is 30.8 Å². The number of carbonyl (C=O) groups is 1. The van der Waals surface area contributed by atoms with Crippen molar-refractivity contribution in [2.24, 2.45) is 0 Å². The van der Waals surface area contributed by atoms with Gasteiger partial charge in [0.2, 0.25) is 0 Å². The van der Waals surface area contributed by atoms with Gasteiger partial charge in [-0.3, -0.25) is 19.6 Å².